The van der Waals surface area contributed by atoms with Gasteiger partial charge < -0.3 is 15.0 Å². The molecule has 1 aliphatic heterocycles. The van der Waals surface area contributed by atoms with Crippen LogP contribution in [-0.4, -0.2) is 47.3 Å². The Bertz CT molecular complexity index is 667. The van der Waals surface area contributed by atoms with E-state index < -0.39 is 0 Å². The van der Waals surface area contributed by atoms with Crippen LogP contribution < -0.4 is 5.32 Å². The maximum atomic E-state index is 12.3. The number of rotatable bonds is 4. The van der Waals surface area contributed by atoms with E-state index in [-0.39, 0.29) is 5.91 Å². The van der Waals surface area contributed by atoms with Gasteiger partial charge in [-0.05, 0) is 30.2 Å². The number of nitrogens with zero attached hydrogens (tertiary/aromatic N) is 3. The van der Waals surface area contributed by atoms with E-state index in [1.807, 2.05) is 12.1 Å². The molecule has 120 valence electrons. The highest BCUT2D eigenvalue weighted by Crippen LogP contribution is 2.11. The standard InChI is InChI=1S/C17H20N4O2/c1-13-4-2-3-5-14(13)12-18-16-7-6-15(19-20-16)17(22)21-8-10-23-11-9-21/h2-7H,8-12H2,1H3,(H,18,20). The van der Waals surface area contributed by atoms with E-state index >= 15 is 0 Å². The van der Waals surface area contributed by atoms with Crippen LogP contribution in [0.25, 0.3) is 0 Å². The summed E-state index contributed by atoms with van der Waals surface area (Å²) in [6.45, 7) is 5.12. The fourth-order valence-corrected chi connectivity index (χ4v) is 2.46. The van der Waals surface area contributed by atoms with Gasteiger partial charge in [0.1, 0.15) is 5.82 Å². The molecule has 1 N–H and O–H groups in total. The Hall–Kier alpha value is -2.47. The smallest absolute Gasteiger partial charge is 0.274 e. The third kappa shape index (κ3) is 3.84. The van der Waals surface area contributed by atoms with E-state index in [0.717, 1.165) is 0 Å². The number of aryl methyl sites for hydroxylation is 1. The molecule has 6 heteroatoms. The van der Waals surface area contributed by atoms with Gasteiger partial charge in [-0.15, -0.1) is 10.2 Å². The normalized spacial score (nSPS) is 14.6. The summed E-state index contributed by atoms with van der Waals surface area (Å²) in [4.78, 5) is 14.0. The quantitative estimate of drug-likeness (QED) is 0.933. The first-order valence-electron chi connectivity index (χ1n) is 7.73. The summed E-state index contributed by atoms with van der Waals surface area (Å²) in [6, 6.07) is 11.7. The van der Waals surface area contributed by atoms with Crippen molar-refractivity contribution in [1.29, 1.82) is 0 Å². The van der Waals surface area contributed by atoms with Crippen molar-refractivity contribution in [2.45, 2.75) is 13.5 Å². The van der Waals surface area contributed by atoms with Gasteiger partial charge in [-0.3, -0.25) is 4.79 Å². The fourth-order valence-electron chi connectivity index (χ4n) is 2.46. The molecular weight excluding hydrogens is 292 g/mol. The number of aromatic nitrogens is 2. The minimum absolute atomic E-state index is 0.0914. The molecule has 1 fully saturated rings. The number of morpholine rings is 1. The van der Waals surface area contributed by atoms with Gasteiger partial charge in [0.2, 0.25) is 0 Å². The Balaban J connectivity index is 1.60. The van der Waals surface area contributed by atoms with Gasteiger partial charge in [0, 0.05) is 19.6 Å². The van der Waals surface area contributed by atoms with E-state index in [2.05, 4.69) is 34.6 Å². The van der Waals surface area contributed by atoms with Crippen LogP contribution >= 0.6 is 0 Å². The van der Waals surface area contributed by atoms with E-state index in [0.29, 0.717) is 44.4 Å². The molecule has 0 saturated carbocycles. The molecule has 2 aromatic rings. The van der Waals surface area contributed by atoms with Crippen LogP contribution in [0.3, 0.4) is 0 Å². The van der Waals surface area contributed by atoms with Crippen molar-refractivity contribution in [3.8, 4) is 0 Å². The van der Waals surface area contributed by atoms with E-state index in [4.69, 9.17) is 4.74 Å². The van der Waals surface area contributed by atoms with Crippen molar-refractivity contribution in [3.05, 3.63) is 53.2 Å². The molecule has 1 aromatic heterocycles. The highest BCUT2D eigenvalue weighted by molar-refractivity contribution is 5.92. The number of amides is 1. The number of anilines is 1. The lowest BCUT2D eigenvalue weighted by Gasteiger charge is -2.26. The lowest BCUT2D eigenvalue weighted by molar-refractivity contribution is 0.0298. The minimum atomic E-state index is -0.0914. The number of ether oxygens (including phenoxy) is 1. The van der Waals surface area contributed by atoms with E-state index in [1.54, 1.807) is 17.0 Å². The fraction of sp³-hybridized carbons (Fsp3) is 0.353. The molecule has 6 nitrogen and oxygen atoms in total. The zero-order valence-corrected chi connectivity index (χ0v) is 13.2. The first kappa shape index (κ1) is 15.4. The third-order valence-electron chi connectivity index (χ3n) is 3.90. The second-order valence-corrected chi connectivity index (χ2v) is 5.49. The van der Waals surface area contributed by atoms with Crippen molar-refractivity contribution >= 4 is 11.7 Å². The molecule has 23 heavy (non-hydrogen) atoms. The predicted molar refractivity (Wildman–Crippen MR) is 87.3 cm³/mol. The number of hydrogen-bond donors (Lipinski definition) is 1. The topological polar surface area (TPSA) is 67.4 Å². The molecule has 1 aromatic carbocycles. The number of benzene rings is 1. The maximum absolute atomic E-state index is 12.3. The largest absolute Gasteiger partial charge is 0.378 e. The van der Waals surface area contributed by atoms with Crippen LogP contribution in [0.15, 0.2) is 36.4 Å². The predicted octanol–water partition coefficient (Wildman–Crippen LogP) is 1.87. The average Bonchev–Trinajstić information content (AvgIpc) is 2.62. The lowest BCUT2D eigenvalue weighted by atomic mass is 10.1. The van der Waals surface area contributed by atoms with E-state index in [1.165, 1.54) is 11.1 Å². The monoisotopic (exact) mass is 312 g/mol. The molecule has 1 amide bonds. The van der Waals surface area contributed by atoms with Crippen LogP contribution in [-0.2, 0) is 11.3 Å². The van der Waals surface area contributed by atoms with Gasteiger partial charge in [-0.25, -0.2) is 0 Å². The van der Waals surface area contributed by atoms with Gasteiger partial charge in [-0.2, -0.15) is 0 Å². The average molecular weight is 312 g/mol. The van der Waals surface area contributed by atoms with Crippen molar-refractivity contribution < 1.29 is 9.53 Å². The van der Waals surface area contributed by atoms with Crippen LogP contribution in [0.2, 0.25) is 0 Å². The second kappa shape index (κ2) is 7.19. The summed E-state index contributed by atoms with van der Waals surface area (Å²) in [7, 11) is 0. The molecule has 0 aliphatic carbocycles. The highest BCUT2D eigenvalue weighted by Gasteiger charge is 2.19. The Morgan fingerprint density at radius 2 is 1.96 bits per heavy atom. The van der Waals surface area contributed by atoms with Gasteiger partial charge in [0.15, 0.2) is 5.69 Å². The first-order chi connectivity index (χ1) is 11.2. The SMILES string of the molecule is Cc1ccccc1CNc1ccc(C(=O)N2CCOCC2)nn1. The summed E-state index contributed by atoms with van der Waals surface area (Å²) >= 11 is 0. The Labute approximate surface area is 135 Å². The molecule has 0 atom stereocenters. The molecule has 0 bridgehead atoms. The van der Waals surface area contributed by atoms with Crippen molar-refractivity contribution in [1.82, 2.24) is 15.1 Å². The van der Waals surface area contributed by atoms with Crippen LogP contribution in [0.5, 0.6) is 0 Å². The van der Waals surface area contributed by atoms with Crippen molar-refractivity contribution in [2.75, 3.05) is 31.6 Å². The zero-order chi connectivity index (χ0) is 16.1. The van der Waals surface area contributed by atoms with Gasteiger partial charge in [-0.1, -0.05) is 24.3 Å². The summed E-state index contributed by atoms with van der Waals surface area (Å²) in [5, 5.41) is 11.4. The number of hydrogen-bond acceptors (Lipinski definition) is 5. The Morgan fingerprint density at radius 3 is 2.65 bits per heavy atom. The molecule has 1 aliphatic rings. The second-order valence-electron chi connectivity index (χ2n) is 5.49. The number of carbonyl (C=O) groups is 1. The molecule has 0 radical (unpaired) electrons. The third-order valence-corrected chi connectivity index (χ3v) is 3.90. The van der Waals surface area contributed by atoms with E-state index in [9.17, 15) is 4.79 Å². The highest BCUT2D eigenvalue weighted by atomic mass is 16.5. The molecule has 0 unspecified atom stereocenters. The zero-order valence-electron chi connectivity index (χ0n) is 13.2. The van der Waals surface area contributed by atoms with Crippen LogP contribution in [0, 0.1) is 6.92 Å². The maximum Gasteiger partial charge on any atom is 0.274 e. The van der Waals surface area contributed by atoms with Gasteiger partial charge in [0.05, 0.1) is 13.2 Å². The minimum Gasteiger partial charge on any atom is -0.378 e. The molecule has 3 rings (SSSR count). The summed E-state index contributed by atoms with van der Waals surface area (Å²) in [6.07, 6.45) is 0. The molecular formula is C17H20N4O2. The van der Waals surface area contributed by atoms with Crippen molar-refractivity contribution in [2.24, 2.45) is 0 Å². The van der Waals surface area contributed by atoms with Gasteiger partial charge >= 0.3 is 0 Å². The Kier molecular flexibility index (Phi) is 4.83. The summed E-state index contributed by atoms with van der Waals surface area (Å²) in [5.74, 6) is 0.568. The van der Waals surface area contributed by atoms with Crippen LogP contribution in [0.1, 0.15) is 21.6 Å². The summed E-state index contributed by atoms with van der Waals surface area (Å²) in [5.41, 5.74) is 2.81. The number of nitrogens with one attached hydrogen (secondary N) is 1. The lowest BCUT2D eigenvalue weighted by Crippen LogP contribution is -2.41. The molecule has 2 heterocycles. The van der Waals surface area contributed by atoms with Crippen LogP contribution in [0.4, 0.5) is 5.82 Å². The van der Waals surface area contributed by atoms with Crippen molar-refractivity contribution in [3.63, 3.8) is 0 Å². The van der Waals surface area contributed by atoms with Gasteiger partial charge in [0.25, 0.3) is 5.91 Å². The molecule has 1 saturated heterocycles. The molecule has 0 spiro atoms. The Morgan fingerprint density at radius 1 is 1.17 bits per heavy atom. The summed E-state index contributed by atoms with van der Waals surface area (Å²) < 4.78 is 5.25. The first-order valence-corrected chi connectivity index (χ1v) is 7.73. The number of carbonyl (C=O) groups excluding carboxylic acids is 1.